The van der Waals surface area contributed by atoms with Crippen LogP contribution < -0.4 is 5.32 Å². The molecule has 3 unspecified atom stereocenters. The number of hydrogen-bond donors (Lipinski definition) is 3. The summed E-state index contributed by atoms with van der Waals surface area (Å²) in [7, 11) is 0. The molecular formula is C16H23NO3. The molecule has 0 heterocycles. The minimum atomic E-state index is -0.908. The van der Waals surface area contributed by atoms with Gasteiger partial charge >= 0.3 is 5.97 Å². The molecule has 0 spiro atoms. The summed E-state index contributed by atoms with van der Waals surface area (Å²) < 4.78 is 0. The number of carbonyl (C=O) groups is 1. The fourth-order valence-corrected chi connectivity index (χ4v) is 2.78. The predicted molar refractivity (Wildman–Crippen MR) is 77.7 cm³/mol. The zero-order chi connectivity index (χ0) is 14.7. The van der Waals surface area contributed by atoms with Crippen molar-refractivity contribution in [2.75, 3.05) is 0 Å². The summed E-state index contributed by atoms with van der Waals surface area (Å²) in [5, 5.41) is 22.2. The average Bonchev–Trinajstić information content (AvgIpc) is 2.45. The summed E-state index contributed by atoms with van der Waals surface area (Å²) in [6.45, 7) is 3.39. The summed E-state index contributed by atoms with van der Waals surface area (Å²) in [5.41, 5.74) is 3.57. The maximum Gasteiger partial charge on any atom is 0.320 e. The Morgan fingerprint density at radius 1 is 1.20 bits per heavy atom. The molecule has 0 amide bonds. The van der Waals surface area contributed by atoms with Gasteiger partial charge in [0.15, 0.2) is 0 Å². The van der Waals surface area contributed by atoms with Gasteiger partial charge < -0.3 is 10.2 Å². The maximum atomic E-state index is 10.8. The number of hydrogen-bond acceptors (Lipinski definition) is 3. The van der Waals surface area contributed by atoms with Gasteiger partial charge in [0.05, 0.1) is 6.10 Å². The summed E-state index contributed by atoms with van der Waals surface area (Å²) in [6.07, 6.45) is 3.95. The van der Waals surface area contributed by atoms with Gasteiger partial charge in [-0.3, -0.25) is 10.1 Å². The second kappa shape index (κ2) is 6.37. The molecule has 110 valence electrons. The summed E-state index contributed by atoms with van der Waals surface area (Å²) in [6, 6.07) is 5.15. The Bertz CT molecular complexity index is 487. The van der Waals surface area contributed by atoms with E-state index < -0.39 is 18.1 Å². The fraction of sp³-hybridized carbons (Fsp3) is 0.562. The van der Waals surface area contributed by atoms with Crippen LogP contribution in [0.25, 0.3) is 0 Å². The molecule has 0 fully saturated rings. The SMILES string of the molecule is CC(NC(C)C(O)c1ccc2c(c1)CCCC2)C(=O)O. The van der Waals surface area contributed by atoms with Crippen LogP contribution in [0.15, 0.2) is 18.2 Å². The van der Waals surface area contributed by atoms with Crippen LogP contribution in [0.5, 0.6) is 0 Å². The molecule has 20 heavy (non-hydrogen) atoms. The smallest absolute Gasteiger partial charge is 0.320 e. The molecule has 0 saturated carbocycles. The van der Waals surface area contributed by atoms with Gasteiger partial charge in [-0.2, -0.15) is 0 Å². The van der Waals surface area contributed by atoms with E-state index in [2.05, 4.69) is 17.4 Å². The van der Waals surface area contributed by atoms with Gasteiger partial charge in [0.1, 0.15) is 6.04 Å². The van der Waals surface area contributed by atoms with Crippen molar-refractivity contribution in [3.8, 4) is 0 Å². The standard InChI is InChI=1S/C16H23NO3/c1-10(17-11(2)16(19)20)15(18)14-8-7-12-5-3-4-6-13(12)9-14/h7-11,15,17-18H,3-6H2,1-2H3,(H,19,20). The van der Waals surface area contributed by atoms with Crippen molar-refractivity contribution in [2.45, 2.75) is 57.7 Å². The van der Waals surface area contributed by atoms with Crippen LogP contribution in [0.4, 0.5) is 0 Å². The first-order chi connectivity index (χ1) is 9.49. The normalized spacial score (nSPS) is 18.9. The molecule has 4 nitrogen and oxygen atoms in total. The highest BCUT2D eigenvalue weighted by Gasteiger charge is 2.22. The fourth-order valence-electron chi connectivity index (χ4n) is 2.78. The van der Waals surface area contributed by atoms with Gasteiger partial charge in [-0.15, -0.1) is 0 Å². The molecule has 2 rings (SSSR count). The quantitative estimate of drug-likeness (QED) is 0.770. The lowest BCUT2D eigenvalue weighted by Gasteiger charge is -2.24. The van der Waals surface area contributed by atoms with Crippen LogP contribution in [-0.4, -0.2) is 28.3 Å². The number of rotatable bonds is 5. The molecule has 1 aliphatic rings. The number of aryl methyl sites for hydroxylation is 2. The van der Waals surface area contributed by atoms with Crippen LogP contribution in [0.1, 0.15) is 49.5 Å². The summed E-state index contributed by atoms with van der Waals surface area (Å²) >= 11 is 0. The van der Waals surface area contributed by atoms with Crippen molar-refractivity contribution in [3.63, 3.8) is 0 Å². The van der Waals surface area contributed by atoms with E-state index >= 15 is 0 Å². The van der Waals surface area contributed by atoms with Gasteiger partial charge in [-0.05, 0) is 56.2 Å². The Kier molecular flexibility index (Phi) is 4.78. The molecule has 0 bridgehead atoms. The Balaban J connectivity index is 2.08. The summed E-state index contributed by atoms with van der Waals surface area (Å²) in [5.74, 6) is -0.908. The molecule has 0 radical (unpaired) electrons. The van der Waals surface area contributed by atoms with Crippen LogP contribution in [-0.2, 0) is 17.6 Å². The van der Waals surface area contributed by atoms with E-state index in [9.17, 15) is 9.90 Å². The van der Waals surface area contributed by atoms with E-state index in [0.717, 1.165) is 18.4 Å². The van der Waals surface area contributed by atoms with Gasteiger partial charge in [-0.1, -0.05) is 18.2 Å². The Hall–Kier alpha value is -1.39. The number of nitrogens with one attached hydrogen (secondary N) is 1. The predicted octanol–water partition coefficient (Wildman–Crippen LogP) is 2.05. The van der Waals surface area contributed by atoms with Gasteiger partial charge in [0.25, 0.3) is 0 Å². The van der Waals surface area contributed by atoms with Gasteiger partial charge in [0, 0.05) is 6.04 Å². The third-order valence-corrected chi connectivity index (χ3v) is 4.07. The lowest BCUT2D eigenvalue weighted by atomic mass is 9.88. The van der Waals surface area contributed by atoms with E-state index in [1.165, 1.54) is 24.0 Å². The monoisotopic (exact) mass is 277 g/mol. The second-order valence-electron chi connectivity index (χ2n) is 5.70. The molecule has 3 N–H and O–H groups in total. The highest BCUT2D eigenvalue weighted by atomic mass is 16.4. The number of aliphatic hydroxyl groups is 1. The van der Waals surface area contributed by atoms with Gasteiger partial charge in [0.2, 0.25) is 0 Å². The molecule has 0 aromatic heterocycles. The Labute approximate surface area is 119 Å². The zero-order valence-corrected chi connectivity index (χ0v) is 12.1. The first-order valence-corrected chi connectivity index (χ1v) is 7.27. The largest absolute Gasteiger partial charge is 0.480 e. The van der Waals surface area contributed by atoms with Crippen molar-refractivity contribution in [2.24, 2.45) is 0 Å². The molecule has 0 aliphatic heterocycles. The molecular weight excluding hydrogens is 254 g/mol. The number of carboxylic acid groups (broad SMARTS) is 1. The molecule has 4 heteroatoms. The maximum absolute atomic E-state index is 10.8. The Morgan fingerprint density at radius 2 is 1.85 bits per heavy atom. The Morgan fingerprint density at radius 3 is 2.50 bits per heavy atom. The first kappa shape index (κ1) is 15.0. The van der Waals surface area contributed by atoms with E-state index in [-0.39, 0.29) is 6.04 Å². The van der Waals surface area contributed by atoms with Crippen molar-refractivity contribution in [1.82, 2.24) is 5.32 Å². The molecule has 1 aliphatic carbocycles. The lowest BCUT2D eigenvalue weighted by Crippen LogP contribution is -2.42. The first-order valence-electron chi connectivity index (χ1n) is 7.27. The van der Waals surface area contributed by atoms with Crippen molar-refractivity contribution in [1.29, 1.82) is 0 Å². The van der Waals surface area contributed by atoms with E-state index in [1.54, 1.807) is 6.92 Å². The average molecular weight is 277 g/mol. The van der Waals surface area contributed by atoms with E-state index in [1.807, 2.05) is 13.0 Å². The number of aliphatic hydroxyl groups excluding tert-OH is 1. The minimum absolute atomic E-state index is 0.303. The van der Waals surface area contributed by atoms with Crippen LogP contribution in [0.3, 0.4) is 0 Å². The third-order valence-electron chi connectivity index (χ3n) is 4.07. The second-order valence-corrected chi connectivity index (χ2v) is 5.70. The van der Waals surface area contributed by atoms with Crippen molar-refractivity contribution < 1.29 is 15.0 Å². The zero-order valence-electron chi connectivity index (χ0n) is 12.1. The summed E-state index contributed by atoms with van der Waals surface area (Å²) in [4.78, 5) is 10.8. The highest BCUT2D eigenvalue weighted by Crippen LogP contribution is 2.26. The van der Waals surface area contributed by atoms with E-state index in [4.69, 9.17) is 5.11 Å². The number of carboxylic acids is 1. The minimum Gasteiger partial charge on any atom is -0.480 e. The number of aliphatic carboxylic acids is 1. The van der Waals surface area contributed by atoms with Crippen molar-refractivity contribution in [3.05, 3.63) is 34.9 Å². The third kappa shape index (κ3) is 3.38. The van der Waals surface area contributed by atoms with Crippen LogP contribution in [0, 0.1) is 0 Å². The van der Waals surface area contributed by atoms with Crippen LogP contribution in [0.2, 0.25) is 0 Å². The molecule has 3 atom stereocenters. The van der Waals surface area contributed by atoms with Crippen LogP contribution >= 0.6 is 0 Å². The number of fused-ring (bicyclic) bond motifs is 1. The molecule has 1 aromatic carbocycles. The lowest BCUT2D eigenvalue weighted by molar-refractivity contribution is -0.139. The van der Waals surface area contributed by atoms with Gasteiger partial charge in [-0.25, -0.2) is 0 Å². The van der Waals surface area contributed by atoms with E-state index in [0.29, 0.717) is 0 Å². The topological polar surface area (TPSA) is 69.6 Å². The molecule has 0 saturated heterocycles. The molecule has 1 aromatic rings. The number of benzene rings is 1. The van der Waals surface area contributed by atoms with Crippen molar-refractivity contribution >= 4 is 5.97 Å². The highest BCUT2D eigenvalue weighted by molar-refractivity contribution is 5.72.